The monoisotopic (exact) mass is 369 g/mol. The molecular formula is C18H19N5O2S. The van der Waals surface area contributed by atoms with Crippen LogP contribution in [0.25, 0.3) is 5.69 Å². The summed E-state index contributed by atoms with van der Waals surface area (Å²) in [6, 6.07) is 12.4. The van der Waals surface area contributed by atoms with Crippen molar-refractivity contribution in [3.63, 3.8) is 0 Å². The second-order valence-electron chi connectivity index (χ2n) is 5.76. The first-order chi connectivity index (χ1) is 12.5. The number of aromatic nitrogens is 4. The number of hydrogen-bond acceptors (Lipinski definition) is 5. The molecule has 1 amide bonds. The molecule has 1 aromatic carbocycles. The molecule has 134 valence electrons. The zero-order valence-corrected chi connectivity index (χ0v) is 15.3. The highest BCUT2D eigenvalue weighted by atomic mass is 32.2. The van der Waals surface area contributed by atoms with Crippen molar-refractivity contribution in [3.05, 3.63) is 64.2 Å². The fraction of sp³-hybridized carbons (Fsp3) is 0.222. The Kier molecular flexibility index (Phi) is 5.52. The minimum Gasteiger partial charge on any atom is -0.311 e. The van der Waals surface area contributed by atoms with Crippen LogP contribution in [0.2, 0.25) is 0 Å². The number of H-pyrrole nitrogens is 1. The highest BCUT2D eigenvalue weighted by Gasteiger charge is 2.09. The number of carbonyl (C=O) groups excluding carboxylic acids is 1. The van der Waals surface area contributed by atoms with E-state index in [9.17, 15) is 9.59 Å². The molecule has 0 saturated heterocycles. The van der Waals surface area contributed by atoms with Crippen LogP contribution in [0.4, 0.5) is 5.82 Å². The number of thioether (sulfide) groups is 1. The molecule has 0 aliphatic heterocycles. The zero-order chi connectivity index (χ0) is 18.5. The Hall–Kier alpha value is -2.87. The quantitative estimate of drug-likeness (QED) is 0.515. The van der Waals surface area contributed by atoms with Crippen LogP contribution in [0.5, 0.6) is 0 Å². The highest BCUT2D eigenvalue weighted by Crippen LogP contribution is 2.15. The van der Waals surface area contributed by atoms with Gasteiger partial charge in [0, 0.05) is 29.6 Å². The summed E-state index contributed by atoms with van der Waals surface area (Å²) in [5.74, 6) is 0.748. The molecule has 7 nitrogen and oxygen atoms in total. The van der Waals surface area contributed by atoms with Crippen LogP contribution < -0.4 is 10.9 Å². The van der Waals surface area contributed by atoms with Gasteiger partial charge in [0.25, 0.3) is 5.56 Å². The van der Waals surface area contributed by atoms with Gasteiger partial charge < -0.3 is 5.32 Å². The molecule has 0 bridgehead atoms. The maximum Gasteiger partial charge on any atom is 0.273 e. The Labute approximate surface area is 154 Å². The van der Waals surface area contributed by atoms with E-state index in [4.69, 9.17) is 0 Å². The molecule has 0 radical (unpaired) electrons. The summed E-state index contributed by atoms with van der Waals surface area (Å²) in [5, 5.41) is 6.27. The van der Waals surface area contributed by atoms with Crippen LogP contribution in [-0.2, 0) is 4.79 Å². The van der Waals surface area contributed by atoms with E-state index in [2.05, 4.69) is 20.4 Å². The zero-order valence-electron chi connectivity index (χ0n) is 14.5. The summed E-state index contributed by atoms with van der Waals surface area (Å²) in [6.07, 6.45) is 0.291. The first kappa shape index (κ1) is 17.9. The molecule has 0 unspecified atom stereocenters. The van der Waals surface area contributed by atoms with Gasteiger partial charge in [0.15, 0.2) is 5.16 Å². The lowest BCUT2D eigenvalue weighted by Gasteiger charge is -2.04. The van der Waals surface area contributed by atoms with Crippen molar-refractivity contribution in [2.24, 2.45) is 0 Å². The lowest BCUT2D eigenvalue weighted by molar-refractivity contribution is -0.115. The number of anilines is 1. The largest absolute Gasteiger partial charge is 0.311 e. The van der Waals surface area contributed by atoms with Crippen LogP contribution in [0.15, 0.2) is 52.4 Å². The minimum atomic E-state index is -0.232. The van der Waals surface area contributed by atoms with Gasteiger partial charge in [-0.25, -0.2) is 14.6 Å². The SMILES string of the molecule is Cc1cc(C)nc(SCCC(=O)Nc2cc(=O)n(-c3ccccc3)[nH]2)n1. The molecule has 0 aliphatic rings. The number of para-hydroxylation sites is 1. The Morgan fingerprint density at radius 3 is 2.54 bits per heavy atom. The number of aryl methyl sites for hydroxylation is 2. The minimum absolute atomic E-state index is 0.177. The summed E-state index contributed by atoms with van der Waals surface area (Å²) in [6.45, 7) is 3.83. The lowest BCUT2D eigenvalue weighted by Crippen LogP contribution is -2.14. The average Bonchev–Trinajstić information content (AvgIpc) is 2.95. The number of hydrogen-bond donors (Lipinski definition) is 2. The van der Waals surface area contributed by atoms with Crippen molar-refractivity contribution < 1.29 is 4.79 Å². The fourth-order valence-electron chi connectivity index (χ4n) is 2.43. The number of nitrogens with zero attached hydrogens (tertiary/aromatic N) is 3. The molecule has 3 rings (SSSR count). The number of amides is 1. The van der Waals surface area contributed by atoms with Gasteiger partial charge in [-0.3, -0.25) is 14.7 Å². The van der Waals surface area contributed by atoms with Gasteiger partial charge in [0.05, 0.1) is 5.69 Å². The second-order valence-corrected chi connectivity index (χ2v) is 6.82. The maximum absolute atomic E-state index is 12.1. The van der Waals surface area contributed by atoms with E-state index in [1.807, 2.05) is 50.2 Å². The molecule has 3 aromatic rings. The maximum atomic E-state index is 12.1. The van der Waals surface area contributed by atoms with Gasteiger partial charge in [-0.15, -0.1) is 0 Å². The van der Waals surface area contributed by atoms with Crippen molar-refractivity contribution in [2.75, 3.05) is 11.1 Å². The number of benzene rings is 1. The molecule has 0 saturated carbocycles. The topological polar surface area (TPSA) is 92.7 Å². The summed E-state index contributed by atoms with van der Waals surface area (Å²) in [5.41, 5.74) is 2.29. The fourth-order valence-corrected chi connectivity index (χ4v) is 3.32. The van der Waals surface area contributed by atoms with Crippen LogP contribution >= 0.6 is 11.8 Å². The second kappa shape index (κ2) is 8.01. The molecule has 2 heterocycles. The van der Waals surface area contributed by atoms with Gasteiger partial charge >= 0.3 is 0 Å². The smallest absolute Gasteiger partial charge is 0.273 e. The number of aromatic amines is 1. The van der Waals surface area contributed by atoms with Gasteiger partial charge in [-0.2, -0.15) is 0 Å². The van der Waals surface area contributed by atoms with Crippen molar-refractivity contribution >= 4 is 23.5 Å². The van der Waals surface area contributed by atoms with Gasteiger partial charge in [0.1, 0.15) is 5.82 Å². The summed E-state index contributed by atoms with van der Waals surface area (Å²) >= 11 is 1.43. The van der Waals surface area contributed by atoms with Gasteiger partial charge in [-0.05, 0) is 32.0 Å². The van der Waals surface area contributed by atoms with E-state index in [0.717, 1.165) is 11.4 Å². The van der Waals surface area contributed by atoms with Crippen molar-refractivity contribution in [1.82, 2.24) is 19.7 Å². The molecular weight excluding hydrogens is 350 g/mol. The van der Waals surface area contributed by atoms with Crippen LogP contribution in [0.3, 0.4) is 0 Å². The number of carbonyl (C=O) groups is 1. The Morgan fingerprint density at radius 2 is 1.85 bits per heavy atom. The van der Waals surface area contributed by atoms with Crippen LogP contribution in [0.1, 0.15) is 17.8 Å². The van der Waals surface area contributed by atoms with E-state index in [1.165, 1.54) is 22.5 Å². The molecule has 2 aromatic heterocycles. The number of nitrogens with one attached hydrogen (secondary N) is 2. The predicted molar refractivity (Wildman–Crippen MR) is 102 cm³/mol. The number of rotatable bonds is 6. The van der Waals surface area contributed by atoms with Crippen LogP contribution in [0, 0.1) is 13.8 Å². The summed E-state index contributed by atoms with van der Waals surface area (Å²) < 4.78 is 1.38. The summed E-state index contributed by atoms with van der Waals surface area (Å²) in [4.78, 5) is 32.8. The molecule has 26 heavy (non-hydrogen) atoms. The van der Waals surface area contributed by atoms with E-state index in [-0.39, 0.29) is 11.5 Å². The molecule has 0 aliphatic carbocycles. The van der Waals surface area contributed by atoms with E-state index < -0.39 is 0 Å². The first-order valence-corrected chi connectivity index (χ1v) is 9.12. The third kappa shape index (κ3) is 4.60. The lowest BCUT2D eigenvalue weighted by atomic mass is 10.3. The van der Waals surface area contributed by atoms with E-state index in [0.29, 0.717) is 28.8 Å². The standard InChI is InChI=1S/C18H19N5O2S/c1-12-10-13(2)20-18(19-12)26-9-8-16(24)21-15-11-17(25)23(22-15)14-6-4-3-5-7-14/h3-7,10-11,22H,8-9H2,1-2H3,(H,21,24). The average molecular weight is 369 g/mol. The van der Waals surface area contributed by atoms with E-state index >= 15 is 0 Å². The summed E-state index contributed by atoms with van der Waals surface area (Å²) in [7, 11) is 0. The van der Waals surface area contributed by atoms with E-state index in [1.54, 1.807) is 0 Å². The predicted octanol–water partition coefficient (Wildman–Crippen LogP) is 2.69. The van der Waals surface area contributed by atoms with Crippen molar-refractivity contribution in [2.45, 2.75) is 25.4 Å². The van der Waals surface area contributed by atoms with Crippen molar-refractivity contribution in [1.29, 1.82) is 0 Å². The van der Waals surface area contributed by atoms with Gasteiger partial charge in [0.2, 0.25) is 5.91 Å². The molecule has 0 spiro atoms. The normalized spacial score (nSPS) is 10.7. The molecule has 0 fully saturated rings. The molecule has 8 heteroatoms. The highest BCUT2D eigenvalue weighted by molar-refractivity contribution is 7.99. The Morgan fingerprint density at radius 1 is 1.15 bits per heavy atom. The van der Waals surface area contributed by atoms with Crippen LogP contribution in [-0.4, -0.2) is 31.4 Å². The Balaban J connectivity index is 1.56. The third-order valence-corrected chi connectivity index (χ3v) is 4.38. The first-order valence-electron chi connectivity index (χ1n) is 8.14. The Bertz CT molecular complexity index is 945. The third-order valence-electron chi connectivity index (χ3n) is 3.53. The molecule has 0 atom stereocenters. The van der Waals surface area contributed by atoms with Crippen molar-refractivity contribution in [3.8, 4) is 5.69 Å². The molecule has 2 N–H and O–H groups in total. The van der Waals surface area contributed by atoms with Gasteiger partial charge in [-0.1, -0.05) is 30.0 Å².